The SMILES string of the molecule is CC(=O)N1CCc2cc(C(=O)N3CCCCC3CCC(=O)O)ccc21. The van der Waals surface area contributed by atoms with E-state index >= 15 is 0 Å². The number of likely N-dealkylation sites (tertiary alicyclic amines) is 1. The van der Waals surface area contributed by atoms with E-state index in [1.54, 1.807) is 17.9 Å². The molecule has 0 radical (unpaired) electrons. The van der Waals surface area contributed by atoms with E-state index in [2.05, 4.69) is 0 Å². The average Bonchev–Trinajstić information content (AvgIpc) is 3.03. The van der Waals surface area contributed by atoms with Gasteiger partial charge in [-0.3, -0.25) is 14.4 Å². The Morgan fingerprint density at radius 1 is 1.20 bits per heavy atom. The molecule has 2 heterocycles. The highest BCUT2D eigenvalue weighted by molar-refractivity contribution is 5.98. The van der Waals surface area contributed by atoms with Crippen molar-refractivity contribution in [3.8, 4) is 0 Å². The Balaban J connectivity index is 1.77. The summed E-state index contributed by atoms with van der Waals surface area (Å²) in [6.07, 6.45) is 4.21. The fraction of sp³-hybridized carbons (Fsp3) is 0.526. The molecule has 1 atom stereocenters. The van der Waals surface area contributed by atoms with Crippen molar-refractivity contribution in [2.24, 2.45) is 0 Å². The molecule has 1 aromatic carbocycles. The standard InChI is InChI=1S/C19H24N2O4/c1-13(22)20-11-9-14-12-15(5-7-17(14)20)19(25)21-10-3-2-4-16(21)6-8-18(23)24/h5,7,12,16H,2-4,6,8-11H2,1H3,(H,23,24). The molecule has 0 aliphatic carbocycles. The van der Waals surface area contributed by atoms with Gasteiger partial charge in [-0.25, -0.2) is 0 Å². The molecular weight excluding hydrogens is 320 g/mol. The third-order valence-corrected chi connectivity index (χ3v) is 5.18. The van der Waals surface area contributed by atoms with Gasteiger partial charge in [0.2, 0.25) is 5.91 Å². The zero-order chi connectivity index (χ0) is 18.0. The van der Waals surface area contributed by atoms with Crippen molar-refractivity contribution in [3.63, 3.8) is 0 Å². The van der Waals surface area contributed by atoms with Gasteiger partial charge < -0.3 is 14.9 Å². The number of anilines is 1. The molecule has 25 heavy (non-hydrogen) atoms. The lowest BCUT2D eigenvalue weighted by molar-refractivity contribution is -0.137. The van der Waals surface area contributed by atoms with Gasteiger partial charge in [0, 0.05) is 43.7 Å². The van der Waals surface area contributed by atoms with E-state index in [1.807, 2.05) is 17.0 Å². The van der Waals surface area contributed by atoms with E-state index in [4.69, 9.17) is 5.11 Å². The van der Waals surface area contributed by atoms with Crippen LogP contribution in [0.2, 0.25) is 0 Å². The highest BCUT2D eigenvalue weighted by Gasteiger charge is 2.29. The Bertz CT molecular complexity index is 701. The average molecular weight is 344 g/mol. The molecule has 0 aromatic heterocycles. The third kappa shape index (κ3) is 3.67. The lowest BCUT2D eigenvalue weighted by Gasteiger charge is -2.36. The predicted molar refractivity (Wildman–Crippen MR) is 93.7 cm³/mol. The minimum atomic E-state index is -0.820. The van der Waals surface area contributed by atoms with Crippen LogP contribution in [0, 0.1) is 0 Å². The van der Waals surface area contributed by atoms with Gasteiger partial charge in [0.1, 0.15) is 0 Å². The second kappa shape index (κ2) is 7.25. The predicted octanol–water partition coefficient (Wildman–Crippen LogP) is 2.46. The maximum Gasteiger partial charge on any atom is 0.303 e. The fourth-order valence-corrected chi connectivity index (χ4v) is 3.89. The molecule has 2 aliphatic rings. The zero-order valence-corrected chi connectivity index (χ0v) is 14.5. The third-order valence-electron chi connectivity index (χ3n) is 5.18. The molecule has 1 unspecified atom stereocenters. The van der Waals surface area contributed by atoms with Crippen molar-refractivity contribution in [1.82, 2.24) is 4.90 Å². The molecule has 134 valence electrons. The van der Waals surface area contributed by atoms with Crippen molar-refractivity contribution in [2.45, 2.75) is 51.5 Å². The maximum atomic E-state index is 13.0. The number of rotatable bonds is 4. The lowest BCUT2D eigenvalue weighted by Crippen LogP contribution is -2.44. The van der Waals surface area contributed by atoms with E-state index in [0.717, 1.165) is 36.9 Å². The second-order valence-corrected chi connectivity index (χ2v) is 6.84. The Morgan fingerprint density at radius 3 is 2.72 bits per heavy atom. The van der Waals surface area contributed by atoms with E-state index < -0.39 is 5.97 Å². The molecule has 1 aromatic rings. The number of carbonyl (C=O) groups excluding carboxylic acids is 2. The quantitative estimate of drug-likeness (QED) is 0.910. The Morgan fingerprint density at radius 2 is 2.00 bits per heavy atom. The number of piperidine rings is 1. The molecule has 1 fully saturated rings. The number of carboxylic acid groups (broad SMARTS) is 1. The van der Waals surface area contributed by atoms with Crippen molar-refractivity contribution in [3.05, 3.63) is 29.3 Å². The van der Waals surface area contributed by atoms with Crippen molar-refractivity contribution < 1.29 is 19.5 Å². The molecular formula is C19H24N2O4. The summed E-state index contributed by atoms with van der Waals surface area (Å²) < 4.78 is 0. The second-order valence-electron chi connectivity index (χ2n) is 6.84. The minimum Gasteiger partial charge on any atom is -0.481 e. The molecule has 1 saturated heterocycles. The van der Waals surface area contributed by atoms with Crippen LogP contribution in [0.1, 0.15) is 54.9 Å². The van der Waals surface area contributed by atoms with E-state index in [1.165, 1.54) is 0 Å². The number of nitrogens with zero attached hydrogens (tertiary/aromatic N) is 2. The van der Waals surface area contributed by atoms with Gasteiger partial charge in [-0.2, -0.15) is 0 Å². The number of hydrogen-bond donors (Lipinski definition) is 1. The first kappa shape index (κ1) is 17.5. The summed E-state index contributed by atoms with van der Waals surface area (Å²) in [5.74, 6) is -0.832. The molecule has 0 spiro atoms. The van der Waals surface area contributed by atoms with Crippen LogP contribution >= 0.6 is 0 Å². The summed E-state index contributed by atoms with van der Waals surface area (Å²) in [7, 11) is 0. The summed E-state index contributed by atoms with van der Waals surface area (Å²) in [5.41, 5.74) is 2.55. The molecule has 2 amide bonds. The van der Waals surface area contributed by atoms with Gasteiger partial charge in [0.15, 0.2) is 0 Å². The van der Waals surface area contributed by atoms with Crippen LogP contribution in [0.3, 0.4) is 0 Å². The van der Waals surface area contributed by atoms with Gasteiger partial charge in [0.25, 0.3) is 5.91 Å². The highest BCUT2D eigenvalue weighted by atomic mass is 16.4. The number of fused-ring (bicyclic) bond motifs is 1. The molecule has 3 rings (SSSR count). The summed E-state index contributed by atoms with van der Waals surface area (Å²) in [5, 5.41) is 8.93. The number of benzene rings is 1. The van der Waals surface area contributed by atoms with Crippen LogP contribution < -0.4 is 4.90 Å². The summed E-state index contributed by atoms with van der Waals surface area (Å²) in [4.78, 5) is 39.1. The molecule has 0 saturated carbocycles. The fourth-order valence-electron chi connectivity index (χ4n) is 3.89. The van der Waals surface area contributed by atoms with Crippen molar-refractivity contribution in [1.29, 1.82) is 0 Å². The Labute approximate surface area is 147 Å². The van der Waals surface area contributed by atoms with Crippen molar-refractivity contribution in [2.75, 3.05) is 18.0 Å². The van der Waals surface area contributed by atoms with Gasteiger partial charge in [-0.15, -0.1) is 0 Å². The van der Waals surface area contributed by atoms with Gasteiger partial charge in [0.05, 0.1) is 0 Å². The van der Waals surface area contributed by atoms with E-state index in [9.17, 15) is 14.4 Å². The summed E-state index contributed by atoms with van der Waals surface area (Å²) in [6.45, 7) is 2.89. The highest BCUT2D eigenvalue weighted by Crippen LogP contribution is 2.30. The normalized spacial score (nSPS) is 19.6. The zero-order valence-electron chi connectivity index (χ0n) is 14.5. The van der Waals surface area contributed by atoms with Crippen LogP contribution in [-0.4, -0.2) is 46.9 Å². The summed E-state index contributed by atoms with van der Waals surface area (Å²) >= 11 is 0. The van der Waals surface area contributed by atoms with Crippen LogP contribution in [0.25, 0.3) is 0 Å². The largest absolute Gasteiger partial charge is 0.481 e. The molecule has 6 heteroatoms. The number of hydrogen-bond acceptors (Lipinski definition) is 3. The summed E-state index contributed by atoms with van der Waals surface area (Å²) in [6, 6.07) is 5.53. The smallest absolute Gasteiger partial charge is 0.303 e. The minimum absolute atomic E-state index is 0.000627. The Hall–Kier alpha value is -2.37. The topological polar surface area (TPSA) is 77.9 Å². The number of carboxylic acids is 1. The van der Waals surface area contributed by atoms with Gasteiger partial charge in [-0.05, 0) is 55.9 Å². The maximum absolute atomic E-state index is 13.0. The first-order valence-electron chi connectivity index (χ1n) is 8.91. The van der Waals surface area contributed by atoms with Crippen LogP contribution in [0.5, 0.6) is 0 Å². The van der Waals surface area contributed by atoms with Crippen LogP contribution in [0.4, 0.5) is 5.69 Å². The lowest BCUT2D eigenvalue weighted by atomic mass is 9.96. The Kier molecular flexibility index (Phi) is 5.06. The van der Waals surface area contributed by atoms with Gasteiger partial charge in [-0.1, -0.05) is 0 Å². The van der Waals surface area contributed by atoms with E-state index in [0.29, 0.717) is 25.1 Å². The number of carbonyl (C=O) groups is 3. The van der Waals surface area contributed by atoms with Crippen LogP contribution in [-0.2, 0) is 16.0 Å². The first-order valence-corrected chi connectivity index (χ1v) is 8.91. The van der Waals surface area contributed by atoms with Crippen molar-refractivity contribution >= 4 is 23.5 Å². The van der Waals surface area contributed by atoms with Gasteiger partial charge >= 0.3 is 5.97 Å². The number of amides is 2. The molecule has 1 N–H and O–H groups in total. The number of aliphatic carboxylic acids is 1. The first-order chi connectivity index (χ1) is 12.0. The monoisotopic (exact) mass is 344 g/mol. The molecule has 6 nitrogen and oxygen atoms in total. The molecule has 0 bridgehead atoms. The van der Waals surface area contributed by atoms with E-state index in [-0.39, 0.29) is 24.3 Å². The van der Waals surface area contributed by atoms with Crippen LogP contribution in [0.15, 0.2) is 18.2 Å². The molecule has 2 aliphatic heterocycles.